The van der Waals surface area contributed by atoms with Gasteiger partial charge in [0.1, 0.15) is 23.3 Å². The number of carbonyl (C=O) groups is 1. The molecule has 0 aliphatic rings. The number of nitrogens with one attached hydrogen (secondary N) is 2. The molecule has 1 unspecified atom stereocenters. The summed E-state index contributed by atoms with van der Waals surface area (Å²) in [6.07, 6.45) is 1.43. The molecule has 1 atom stereocenters. The van der Waals surface area contributed by atoms with Crippen LogP contribution in [0.15, 0.2) is 54.7 Å². The third-order valence-electron chi connectivity index (χ3n) is 4.12. The molecule has 0 saturated carbocycles. The van der Waals surface area contributed by atoms with Crippen LogP contribution in [-0.2, 0) is 4.74 Å². The highest BCUT2D eigenvalue weighted by Crippen LogP contribution is 2.26. The van der Waals surface area contributed by atoms with E-state index in [-0.39, 0.29) is 29.2 Å². The molecule has 3 rings (SSSR count). The maximum Gasteiger partial charge on any atom is 0.332 e. The smallest absolute Gasteiger partial charge is 0.332 e. The topological polar surface area (TPSA) is 79.4 Å². The van der Waals surface area contributed by atoms with Crippen LogP contribution >= 0.6 is 0 Å². The highest BCUT2D eigenvalue weighted by molar-refractivity contribution is 6.06. The number of aromatic nitrogens is 2. The number of hydrogen-bond acceptors (Lipinski definition) is 5. The molecule has 1 aromatic heterocycles. The molecule has 2 amide bonds. The molecule has 0 aliphatic carbocycles. The summed E-state index contributed by atoms with van der Waals surface area (Å²) < 4.78 is 46.0. The van der Waals surface area contributed by atoms with E-state index in [4.69, 9.17) is 4.74 Å². The predicted octanol–water partition coefficient (Wildman–Crippen LogP) is 4.71. The average molecular weight is 431 g/mol. The first kappa shape index (κ1) is 22.0. The van der Waals surface area contributed by atoms with E-state index in [2.05, 4.69) is 20.6 Å². The van der Waals surface area contributed by atoms with E-state index in [1.807, 2.05) is 6.92 Å². The molecule has 0 radical (unpaired) electrons. The summed E-state index contributed by atoms with van der Waals surface area (Å²) in [5, 5.41) is 5.35. The van der Waals surface area contributed by atoms with Crippen LogP contribution in [0.1, 0.15) is 6.92 Å². The highest BCUT2D eigenvalue weighted by atomic mass is 19.1. The Labute approximate surface area is 176 Å². The van der Waals surface area contributed by atoms with Crippen molar-refractivity contribution in [3.05, 3.63) is 72.2 Å². The van der Waals surface area contributed by atoms with Gasteiger partial charge in [0.25, 0.3) is 0 Å². The van der Waals surface area contributed by atoms with Crippen molar-refractivity contribution in [1.82, 2.24) is 9.97 Å². The second-order valence-corrected chi connectivity index (χ2v) is 6.61. The van der Waals surface area contributed by atoms with Gasteiger partial charge < -0.3 is 15.4 Å². The van der Waals surface area contributed by atoms with Crippen LogP contribution in [0.2, 0.25) is 0 Å². The van der Waals surface area contributed by atoms with Crippen molar-refractivity contribution in [3.63, 3.8) is 0 Å². The molecular formula is C21H20F3N5O2. The molecule has 3 aromatic rings. The zero-order valence-electron chi connectivity index (χ0n) is 16.8. The zero-order chi connectivity index (χ0) is 22.4. The molecule has 0 saturated heterocycles. The van der Waals surface area contributed by atoms with Gasteiger partial charge >= 0.3 is 6.03 Å². The van der Waals surface area contributed by atoms with E-state index in [9.17, 15) is 18.0 Å². The number of nitrogens with zero attached hydrogens (tertiary/aromatic N) is 3. The molecule has 1 heterocycles. The van der Waals surface area contributed by atoms with Crippen molar-refractivity contribution < 1.29 is 22.7 Å². The summed E-state index contributed by atoms with van der Waals surface area (Å²) in [5.74, 6) is -1.68. The number of halogens is 3. The van der Waals surface area contributed by atoms with E-state index < -0.39 is 23.5 Å². The van der Waals surface area contributed by atoms with Gasteiger partial charge in [-0.25, -0.2) is 27.8 Å². The van der Waals surface area contributed by atoms with Crippen molar-refractivity contribution in [2.24, 2.45) is 0 Å². The van der Waals surface area contributed by atoms with Crippen LogP contribution in [0.3, 0.4) is 0 Å². The molecular weight excluding hydrogens is 411 g/mol. The predicted molar refractivity (Wildman–Crippen MR) is 111 cm³/mol. The van der Waals surface area contributed by atoms with Gasteiger partial charge in [-0.3, -0.25) is 0 Å². The third kappa shape index (κ3) is 5.70. The summed E-state index contributed by atoms with van der Waals surface area (Å²) in [6, 6.07) is 8.26. The van der Waals surface area contributed by atoms with Gasteiger partial charge in [-0.1, -0.05) is 0 Å². The Morgan fingerprint density at radius 1 is 1.10 bits per heavy atom. The van der Waals surface area contributed by atoms with Crippen molar-refractivity contribution in [2.45, 2.75) is 13.0 Å². The van der Waals surface area contributed by atoms with E-state index >= 15 is 0 Å². The highest BCUT2D eigenvalue weighted by Gasteiger charge is 2.22. The van der Waals surface area contributed by atoms with Gasteiger partial charge in [-0.05, 0) is 43.3 Å². The average Bonchev–Trinajstić information content (AvgIpc) is 2.73. The molecule has 0 fully saturated rings. The van der Waals surface area contributed by atoms with Gasteiger partial charge in [0.05, 0.1) is 18.0 Å². The van der Waals surface area contributed by atoms with E-state index in [0.29, 0.717) is 6.61 Å². The van der Waals surface area contributed by atoms with Gasteiger partial charge in [0, 0.05) is 31.5 Å². The van der Waals surface area contributed by atoms with Gasteiger partial charge in [-0.15, -0.1) is 0 Å². The van der Waals surface area contributed by atoms with Crippen molar-refractivity contribution in [3.8, 4) is 0 Å². The van der Waals surface area contributed by atoms with Crippen LogP contribution in [0.4, 0.5) is 41.1 Å². The Morgan fingerprint density at radius 3 is 2.52 bits per heavy atom. The largest absolute Gasteiger partial charge is 0.383 e. The minimum absolute atomic E-state index is 0.116. The third-order valence-corrected chi connectivity index (χ3v) is 4.12. The van der Waals surface area contributed by atoms with Gasteiger partial charge in [-0.2, -0.15) is 4.98 Å². The van der Waals surface area contributed by atoms with Crippen LogP contribution in [0, 0.1) is 17.5 Å². The number of benzene rings is 2. The van der Waals surface area contributed by atoms with Gasteiger partial charge in [0.2, 0.25) is 5.95 Å². The second kappa shape index (κ2) is 9.90. The lowest BCUT2D eigenvalue weighted by molar-refractivity contribution is 0.190. The lowest BCUT2D eigenvalue weighted by Gasteiger charge is -2.23. The SMILES string of the molecule is COCC(C)Nc1nccc(N(C(=O)Nc2cc(F)ccc2F)c2ccc(F)cc2)n1. The van der Waals surface area contributed by atoms with Crippen molar-refractivity contribution in [2.75, 3.05) is 29.3 Å². The number of amides is 2. The number of hydrogen-bond donors (Lipinski definition) is 2. The fourth-order valence-electron chi connectivity index (χ4n) is 2.76. The Balaban J connectivity index is 1.96. The Kier molecular flexibility index (Phi) is 7.03. The molecule has 2 aromatic carbocycles. The molecule has 7 nitrogen and oxygen atoms in total. The number of urea groups is 1. The normalized spacial score (nSPS) is 11.6. The lowest BCUT2D eigenvalue weighted by atomic mass is 10.2. The fourth-order valence-corrected chi connectivity index (χ4v) is 2.76. The van der Waals surface area contributed by atoms with Crippen LogP contribution < -0.4 is 15.5 Å². The number of methoxy groups -OCH3 is 1. The van der Waals surface area contributed by atoms with Crippen LogP contribution in [0.5, 0.6) is 0 Å². The Morgan fingerprint density at radius 2 is 1.81 bits per heavy atom. The van der Waals surface area contributed by atoms with Crippen molar-refractivity contribution >= 4 is 29.2 Å². The minimum Gasteiger partial charge on any atom is -0.383 e. The first-order valence-electron chi connectivity index (χ1n) is 9.27. The minimum atomic E-state index is -0.828. The van der Waals surface area contributed by atoms with E-state index in [1.165, 1.54) is 36.5 Å². The van der Waals surface area contributed by atoms with E-state index in [0.717, 1.165) is 23.1 Å². The maximum atomic E-state index is 14.0. The summed E-state index contributed by atoms with van der Waals surface area (Å²) >= 11 is 0. The molecule has 31 heavy (non-hydrogen) atoms. The second-order valence-electron chi connectivity index (χ2n) is 6.61. The first-order valence-corrected chi connectivity index (χ1v) is 9.27. The quantitative estimate of drug-likeness (QED) is 0.566. The zero-order valence-corrected chi connectivity index (χ0v) is 16.8. The number of anilines is 4. The van der Waals surface area contributed by atoms with Crippen molar-refractivity contribution in [1.29, 1.82) is 0 Å². The lowest BCUT2D eigenvalue weighted by Crippen LogP contribution is -2.32. The standard InChI is InChI=1S/C21H20F3N5O2/c1-13(12-31-2)26-20-25-10-9-19(28-20)29(16-6-3-14(22)4-7-16)21(30)27-18-11-15(23)5-8-17(18)24/h3-11,13H,12H2,1-2H3,(H,27,30)(H,25,26,28). The first-order chi connectivity index (χ1) is 14.9. The molecule has 162 valence electrons. The van der Waals surface area contributed by atoms with E-state index in [1.54, 1.807) is 7.11 Å². The Hall–Kier alpha value is -3.66. The number of ether oxygens (including phenoxy) is 1. The monoisotopic (exact) mass is 431 g/mol. The molecule has 0 bridgehead atoms. The van der Waals surface area contributed by atoms with Gasteiger partial charge in [0.15, 0.2) is 0 Å². The summed E-state index contributed by atoms with van der Waals surface area (Å²) in [7, 11) is 1.56. The number of carbonyl (C=O) groups excluding carboxylic acids is 1. The Bertz CT molecular complexity index is 1050. The fraction of sp³-hybridized carbons (Fsp3) is 0.190. The number of rotatable bonds is 7. The molecule has 2 N–H and O–H groups in total. The van der Waals surface area contributed by atoms with Crippen LogP contribution in [-0.4, -0.2) is 35.8 Å². The molecule has 0 spiro atoms. The summed E-state index contributed by atoms with van der Waals surface area (Å²) in [6.45, 7) is 2.26. The maximum absolute atomic E-state index is 14.0. The van der Waals surface area contributed by atoms with Crippen LogP contribution in [0.25, 0.3) is 0 Å². The molecule has 10 heteroatoms. The summed E-state index contributed by atoms with van der Waals surface area (Å²) in [5.41, 5.74) is -0.0939. The summed E-state index contributed by atoms with van der Waals surface area (Å²) in [4.78, 5) is 22.6. The molecule has 0 aliphatic heterocycles.